The summed E-state index contributed by atoms with van der Waals surface area (Å²) in [6.45, 7) is 3.48. The predicted molar refractivity (Wildman–Crippen MR) is 91.9 cm³/mol. The molecular weight excluding hydrogens is 358 g/mol. The minimum absolute atomic E-state index is 0. The topological polar surface area (TPSA) is 80.3 Å². The van der Waals surface area contributed by atoms with Crippen LogP contribution in [-0.4, -0.2) is 23.4 Å². The Kier molecular flexibility index (Phi) is 26.2. The van der Waals surface area contributed by atoms with E-state index in [1.165, 1.54) is 50.5 Å². The van der Waals surface area contributed by atoms with Gasteiger partial charge in [0.2, 0.25) is 0 Å². The van der Waals surface area contributed by atoms with Crippen LogP contribution in [-0.2, 0) is 9.59 Å². The third kappa shape index (κ3) is 18.2. The fraction of sp³-hybridized carbons (Fsp3) is 0.778. The molecule has 0 saturated carbocycles. The first kappa shape index (κ1) is 30.7. The fourth-order valence-corrected chi connectivity index (χ4v) is 3.41. The third-order valence-electron chi connectivity index (χ3n) is 3.86. The van der Waals surface area contributed by atoms with Crippen LogP contribution in [0.2, 0.25) is 0 Å². The van der Waals surface area contributed by atoms with E-state index < -0.39 is 11.9 Å². The number of carbonyl (C=O) groups excluding carboxylic acids is 2. The van der Waals surface area contributed by atoms with E-state index in [9.17, 15) is 19.8 Å². The molecule has 0 aromatic heterocycles. The molecule has 0 rings (SSSR count). The summed E-state index contributed by atoms with van der Waals surface area (Å²) >= 11 is 2.04. The number of hydrogen-bond donors (Lipinski definition) is 0. The molecule has 0 spiro atoms. The largest absolute Gasteiger partial charge is 1.00 e. The van der Waals surface area contributed by atoms with Crippen LogP contribution in [0.4, 0.5) is 0 Å². The maximum absolute atomic E-state index is 10.9. The number of thioether (sulfide) groups is 1. The van der Waals surface area contributed by atoms with E-state index in [1.807, 2.05) is 11.8 Å². The van der Waals surface area contributed by atoms with E-state index >= 15 is 0 Å². The number of carbonyl (C=O) groups is 2. The first-order valence-corrected chi connectivity index (χ1v) is 9.86. The molecular formula is C18H30Na2O4S. The Morgan fingerprint density at radius 3 is 1.72 bits per heavy atom. The Bertz CT molecular complexity index is 387. The molecule has 0 radical (unpaired) electrons. The van der Waals surface area contributed by atoms with Crippen LogP contribution in [0, 0.1) is 0 Å². The van der Waals surface area contributed by atoms with Crippen molar-refractivity contribution in [3.8, 4) is 0 Å². The summed E-state index contributed by atoms with van der Waals surface area (Å²) in [5.41, 5.74) is -0.348. The molecule has 0 aliphatic rings. The summed E-state index contributed by atoms with van der Waals surface area (Å²) in [4.78, 5) is 21.6. The molecule has 0 unspecified atom stereocenters. The Balaban J connectivity index is -0.00000242. The van der Waals surface area contributed by atoms with Crippen molar-refractivity contribution < 1.29 is 78.9 Å². The van der Waals surface area contributed by atoms with Gasteiger partial charge in [-0.2, -0.15) is 11.8 Å². The summed E-state index contributed by atoms with van der Waals surface area (Å²) in [5, 5.41) is 21.6. The monoisotopic (exact) mass is 388 g/mol. The molecule has 4 nitrogen and oxygen atoms in total. The minimum atomic E-state index is -1.43. The Morgan fingerprint density at radius 2 is 1.24 bits per heavy atom. The van der Waals surface area contributed by atoms with Crippen molar-refractivity contribution in [3.05, 3.63) is 11.1 Å². The molecule has 0 aliphatic heterocycles. The van der Waals surface area contributed by atoms with Crippen molar-refractivity contribution in [2.75, 3.05) is 11.5 Å². The molecule has 0 atom stereocenters. The van der Waals surface area contributed by atoms with Crippen molar-refractivity contribution in [2.24, 2.45) is 0 Å². The van der Waals surface area contributed by atoms with Gasteiger partial charge < -0.3 is 19.8 Å². The fourth-order valence-electron chi connectivity index (χ4n) is 2.30. The van der Waals surface area contributed by atoms with Gasteiger partial charge in [0, 0.05) is 0 Å². The summed E-state index contributed by atoms with van der Waals surface area (Å²) < 4.78 is 0. The molecule has 0 bridgehead atoms. The van der Waals surface area contributed by atoms with Crippen LogP contribution in [0.15, 0.2) is 11.1 Å². The first-order chi connectivity index (χ1) is 11.0. The zero-order valence-corrected chi connectivity index (χ0v) is 21.3. The number of rotatable bonds is 15. The van der Waals surface area contributed by atoms with Crippen LogP contribution < -0.4 is 69.3 Å². The van der Waals surface area contributed by atoms with Crippen LogP contribution in [0.1, 0.15) is 78.1 Å². The first-order valence-electron chi connectivity index (χ1n) is 8.70. The minimum Gasteiger partial charge on any atom is -0.545 e. The van der Waals surface area contributed by atoms with Crippen molar-refractivity contribution in [1.82, 2.24) is 0 Å². The average molecular weight is 388 g/mol. The van der Waals surface area contributed by atoms with Gasteiger partial charge in [-0.25, -0.2) is 0 Å². The normalized spacial score (nSPS) is 11.1. The Labute approximate surface area is 201 Å². The molecule has 134 valence electrons. The SMILES string of the molecule is CCCCSCCCCCCCCC/C(C(=O)[O-])=C(\C)C(=O)[O-].[Na+].[Na+]. The van der Waals surface area contributed by atoms with E-state index in [-0.39, 0.29) is 76.7 Å². The van der Waals surface area contributed by atoms with E-state index in [1.54, 1.807) is 0 Å². The predicted octanol–water partition coefficient (Wildman–Crippen LogP) is -3.54. The molecule has 0 fully saturated rings. The zero-order chi connectivity index (χ0) is 17.5. The van der Waals surface area contributed by atoms with Gasteiger partial charge in [0.25, 0.3) is 0 Å². The standard InChI is InChI=1S/C18H32O4S.2Na/c1-3-4-13-23-14-11-9-7-5-6-8-10-12-16(18(21)22)15(2)17(19)20;;/h3-14H2,1-2H3,(H,19,20)(H,21,22);;/q;2*+1/p-2/b16-15-;;. The van der Waals surface area contributed by atoms with Gasteiger partial charge in [-0.1, -0.05) is 45.4 Å². The van der Waals surface area contributed by atoms with Gasteiger partial charge in [0.1, 0.15) is 0 Å². The number of carboxylic acid groups (broad SMARTS) is 2. The number of unbranched alkanes of at least 4 members (excludes halogenated alkanes) is 7. The molecule has 0 N–H and O–H groups in total. The average Bonchev–Trinajstić information content (AvgIpc) is 2.51. The van der Waals surface area contributed by atoms with Crippen molar-refractivity contribution in [3.63, 3.8) is 0 Å². The molecule has 0 amide bonds. The van der Waals surface area contributed by atoms with Gasteiger partial charge >= 0.3 is 59.1 Å². The second-order valence-electron chi connectivity index (χ2n) is 5.87. The van der Waals surface area contributed by atoms with Crippen molar-refractivity contribution >= 4 is 23.7 Å². The maximum Gasteiger partial charge on any atom is 1.00 e. The number of aliphatic carboxylic acids is 2. The third-order valence-corrected chi connectivity index (χ3v) is 5.02. The van der Waals surface area contributed by atoms with Crippen LogP contribution in [0.25, 0.3) is 0 Å². The zero-order valence-electron chi connectivity index (χ0n) is 16.5. The van der Waals surface area contributed by atoms with Gasteiger partial charge in [-0.3, -0.25) is 0 Å². The van der Waals surface area contributed by atoms with Crippen molar-refractivity contribution in [1.29, 1.82) is 0 Å². The van der Waals surface area contributed by atoms with Gasteiger partial charge in [-0.15, -0.1) is 0 Å². The smallest absolute Gasteiger partial charge is 0.545 e. The molecule has 7 heteroatoms. The quantitative estimate of drug-likeness (QED) is 0.165. The van der Waals surface area contributed by atoms with E-state index in [0.29, 0.717) is 6.42 Å². The summed E-state index contributed by atoms with van der Waals surface area (Å²) in [6.07, 6.45) is 10.4. The van der Waals surface area contributed by atoms with Gasteiger partial charge in [0.05, 0.1) is 11.9 Å². The number of carboxylic acids is 2. The summed E-state index contributed by atoms with van der Waals surface area (Å²) in [6, 6.07) is 0. The molecule has 25 heavy (non-hydrogen) atoms. The summed E-state index contributed by atoms with van der Waals surface area (Å²) in [7, 11) is 0. The number of hydrogen-bond acceptors (Lipinski definition) is 5. The van der Waals surface area contributed by atoms with Crippen LogP contribution >= 0.6 is 11.8 Å². The maximum atomic E-state index is 10.9. The second-order valence-corrected chi connectivity index (χ2v) is 7.09. The van der Waals surface area contributed by atoms with Crippen molar-refractivity contribution in [2.45, 2.75) is 78.1 Å². The molecule has 0 aromatic carbocycles. The van der Waals surface area contributed by atoms with E-state index in [2.05, 4.69) is 6.92 Å². The Morgan fingerprint density at radius 1 is 0.760 bits per heavy atom. The molecule has 0 aromatic rings. The van der Waals surface area contributed by atoms with Gasteiger partial charge in [-0.05, 0) is 55.3 Å². The molecule has 0 aliphatic carbocycles. The van der Waals surface area contributed by atoms with Gasteiger partial charge in [0.15, 0.2) is 0 Å². The second kappa shape index (κ2) is 21.3. The molecule has 0 saturated heterocycles. The Hall–Kier alpha value is 1.03. The van der Waals surface area contributed by atoms with E-state index in [4.69, 9.17) is 0 Å². The van der Waals surface area contributed by atoms with Crippen LogP contribution in [0.3, 0.4) is 0 Å². The van der Waals surface area contributed by atoms with E-state index in [0.717, 1.165) is 19.3 Å². The molecule has 0 heterocycles. The summed E-state index contributed by atoms with van der Waals surface area (Å²) in [5.74, 6) is -0.300. The van der Waals surface area contributed by atoms with Crippen LogP contribution in [0.5, 0.6) is 0 Å².